The molecule has 0 saturated carbocycles. The van der Waals surface area contributed by atoms with E-state index in [4.69, 9.17) is 23.2 Å². The summed E-state index contributed by atoms with van der Waals surface area (Å²) in [4.78, 5) is 8.63. The lowest BCUT2D eigenvalue weighted by Gasteiger charge is -2.23. The molecule has 0 amide bonds. The number of pyridine rings is 1. The highest BCUT2D eigenvalue weighted by Gasteiger charge is 2.11. The summed E-state index contributed by atoms with van der Waals surface area (Å²) in [6.07, 6.45) is 1.56. The number of rotatable bonds is 5. The van der Waals surface area contributed by atoms with Crippen LogP contribution in [0.15, 0.2) is 17.3 Å². The van der Waals surface area contributed by atoms with Crippen molar-refractivity contribution in [3.63, 3.8) is 0 Å². The second-order valence-electron chi connectivity index (χ2n) is 5.55. The zero-order valence-electron chi connectivity index (χ0n) is 13.3. The third-order valence-corrected chi connectivity index (χ3v) is 2.81. The minimum Gasteiger partial charge on any atom is -0.367 e. The van der Waals surface area contributed by atoms with Crippen LogP contribution in [-0.4, -0.2) is 36.1 Å². The van der Waals surface area contributed by atoms with E-state index in [9.17, 15) is 0 Å². The van der Waals surface area contributed by atoms with Crippen molar-refractivity contribution in [2.75, 3.05) is 25.0 Å². The molecular weight excluding hydrogens is 436 g/mol. The first kappa shape index (κ1) is 21.5. The molecule has 0 radical (unpaired) electrons. The van der Waals surface area contributed by atoms with Gasteiger partial charge in [-0.25, -0.2) is 4.98 Å². The maximum atomic E-state index is 6.04. The van der Waals surface area contributed by atoms with Crippen LogP contribution in [0.2, 0.25) is 10.0 Å². The van der Waals surface area contributed by atoms with Crippen LogP contribution in [-0.2, 0) is 0 Å². The topological polar surface area (TPSA) is 61.3 Å². The molecule has 22 heavy (non-hydrogen) atoms. The van der Waals surface area contributed by atoms with Crippen molar-refractivity contribution in [1.29, 1.82) is 0 Å². The van der Waals surface area contributed by atoms with E-state index in [0.717, 1.165) is 12.5 Å². The van der Waals surface area contributed by atoms with Gasteiger partial charge in [0.15, 0.2) is 5.96 Å². The van der Waals surface area contributed by atoms with Crippen molar-refractivity contribution in [2.45, 2.75) is 33.2 Å². The van der Waals surface area contributed by atoms with E-state index in [0.29, 0.717) is 29.0 Å². The van der Waals surface area contributed by atoms with Crippen molar-refractivity contribution in [3.8, 4) is 0 Å². The van der Waals surface area contributed by atoms with Crippen molar-refractivity contribution < 1.29 is 0 Å². The molecule has 1 aromatic rings. The molecule has 3 N–H and O–H groups in total. The van der Waals surface area contributed by atoms with Gasteiger partial charge in [0.25, 0.3) is 0 Å². The number of nitrogens with one attached hydrogen (secondary N) is 3. The third kappa shape index (κ3) is 8.85. The molecule has 1 heterocycles. The lowest BCUT2D eigenvalue weighted by molar-refractivity contribution is 0.502. The van der Waals surface area contributed by atoms with E-state index in [2.05, 4.69) is 46.7 Å². The molecule has 126 valence electrons. The highest BCUT2D eigenvalue weighted by Crippen LogP contribution is 2.22. The molecule has 1 aromatic heterocycles. The molecule has 8 heteroatoms. The van der Waals surface area contributed by atoms with Crippen LogP contribution < -0.4 is 16.0 Å². The van der Waals surface area contributed by atoms with Crippen LogP contribution in [0.5, 0.6) is 0 Å². The van der Waals surface area contributed by atoms with E-state index >= 15 is 0 Å². The summed E-state index contributed by atoms with van der Waals surface area (Å²) in [6, 6.07) is 1.66. The standard InChI is InChI=1S/C14H23Cl2N5.HI/c1-5-17-13(21-14(2,3)4)19-7-6-18-12-11(16)8-10(15)9-20-12;/h8-9H,5-7H2,1-4H3,(H,18,20)(H2,17,19,21);1H. The quantitative estimate of drug-likeness (QED) is 0.271. The summed E-state index contributed by atoms with van der Waals surface area (Å²) in [5, 5.41) is 10.7. The average Bonchev–Trinajstić information content (AvgIpc) is 2.35. The van der Waals surface area contributed by atoms with Crippen molar-refractivity contribution in [3.05, 3.63) is 22.3 Å². The van der Waals surface area contributed by atoms with Gasteiger partial charge in [-0.15, -0.1) is 24.0 Å². The minimum atomic E-state index is -0.0323. The number of halogens is 3. The number of guanidine groups is 1. The lowest BCUT2D eigenvalue weighted by Crippen LogP contribution is -2.47. The summed E-state index contributed by atoms with van der Waals surface area (Å²) in [7, 11) is 0. The predicted octanol–water partition coefficient (Wildman–Crippen LogP) is 3.77. The molecule has 0 aromatic carbocycles. The van der Waals surface area contributed by atoms with Crippen LogP contribution in [0.25, 0.3) is 0 Å². The molecule has 0 spiro atoms. The van der Waals surface area contributed by atoms with Crippen LogP contribution in [0.1, 0.15) is 27.7 Å². The van der Waals surface area contributed by atoms with Gasteiger partial charge in [-0.2, -0.15) is 0 Å². The van der Waals surface area contributed by atoms with Crippen LogP contribution in [0.4, 0.5) is 5.82 Å². The van der Waals surface area contributed by atoms with E-state index < -0.39 is 0 Å². The minimum absolute atomic E-state index is 0. The maximum absolute atomic E-state index is 6.04. The Kier molecular flexibility index (Phi) is 10.1. The molecule has 0 fully saturated rings. The molecule has 0 atom stereocenters. The summed E-state index contributed by atoms with van der Waals surface area (Å²) < 4.78 is 0. The predicted molar refractivity (Wildman–Crippen MR) is 107 cm³/mol. The third-order valence-electron chi connectivity index (χ3n) is 2.32. The van der Waals surface area contributed by atoms with Gasteiger partial charge < -0.3 is 16.0 Å². The smallest absolute Gasteiger partial charge is 0.191 e. The van der Waals surface area contributed by atoms with E-state index in [-0.39, 0.29) is 29.5 Å². The largest absolute Gasteiger partial charge is 0.367 e. The first-order valence-corrected chi connectivity index (χ1v) is 7.69. The lowest BCUT2D eigenvalue weighted by atomic mass is 10.1. The van der Waals surface area contributed by atoms with Gasteiger partial charge in [0, 0.05) is 24.8 Å². The Labute approximate surface area is 159 Å². The number of anilines is 1. The molecule has 0 saturated heterocycles. The second-order valence-corrected chi connectivity index (χ2v) is 6.39. The van der Waals surface area contributed by atoms with Gasteiger partial charge in [0.05, 0.1) is 16.6 Å². The van der Waals surface area contributed by atoms with E-state index in [1.807, 2.05) is 6.92 Å². The molecule has 0 bridgehead atoms. The van der Waals surface area contributed by atoms with E-state index in [1.165, 1.54) is 0 Å². The number of hydrogen-bond donors (Lipinski definition) is 3. The highest BCUT2D eigenvalue weighted by molar-refractivity contribution is 14.0. The molecule has 0 aliphatic heterocycles. The maximum Gasteiger partial charge on any atom is 0.191 e. The number of aromatic nitrogens is 1. The number of nitrogens with zero attached hydrogens (tertiary/aromatic N) is 2. The van der Waals surface area contributed by atoms with Crippen molar-refractivity contribution in [1.82, 2.24) is 15.6 Å². The monoisotopic (exact) mass is 459 g/mol. The van der Waals surface area contributed by atoms with Gasteiger partial charge >= 0.3 is 0 Å². The van der Waals surface area contributed by atoms with Crippen molar-refractivity contribution in [2.24, 2.45) is 4.99 Å². The normalized spacial score (nSPS) is 11.6. The van der Waals surface area contributed by atoms with Gasteiger partial charge in [0.2, 0.25) is 0 Å². The summed E-state index contributed by atoms with van der Waals surface area (Å²) in [6.45, 7) is 10.4. The van der Waals surface area contributed by atoms with Crippen molar-refractivity contribution >= 4 is 59.0 Å². The van der Waals surface area contributed by atoms with E-state index in [1.54, 1.807) is 12.3 Å². The van der Waals surface area contributed by atoms with Gasteiger partial charge in [-0.05, 0) is 33.8 Å². The van der Waals surface area contributed by atoms with Crippen LogP contribution >= 0.6 is 47.2 Å². The van der Waals surface area contributed by atoms with Gasteiger partial charge in [-0.1, -0.05) is 23.2 Å². The summed E-state index contributed by atoms with van der Waals surface area (Å²) in [5.41, 5.74) is -0.0323. The zero-order chi connectivity index (χ0) is 15.9. The Balaban J connectivity index is 0.00000441. The van der Waals surface area contributed by atoms with Crippen LogP contribution in [0, 0.1) is 0 Å². The zero-order valence-corrected chi connectivity index (χ0v) is 17.2. The fourth-order valence-corrected chi connectivity index (χ4v) is 2.00. The second kappa shape index (κ2) is 10.3. The first-order valence-electron chi connectivity index (χ1n) is 6.93. The number of aliphatic imine (C=N–C) groups is 1. The summed E-state index contributed by atoms with van der Waals surface area (Å²) in [5.74, 6) is 1.41. The highest BCUT2D eigenvalue weighted by atomic mass is 127. The van der Waals surface area contributed by atoms with Gasteiger partial charge in [-0.3, -0.25) is 4.99 Å². The Hall–Kier alpha value is -0.470. The average molecular weight is 460 g/mol. The number of hydrogen-bond acceptors (Lipinski definition) is 3. The molecule has 0 aliphatic rings. The molecule has 5 nitrogen and oxygen atoms in total. The van der Waals surface area contributed by atoms with Gasteiger partial charge in [0.1, 0.15) is 5.82 Å². The SMILES string of the molecule is CCNC(=NCCNc1ncc(Cl)cc1Cl)NC(C)(C)C.I. The Morgan fingerprint density at radius 2 is 2.00 bits per heavy atom. The molecule has 1 rings (SSSR count). The Bertz CT molecular complexity index is 489. The Morgan fingerprint density at radius 3 is 2.55 bits per heavy atom. The molecule has 0 unspecified atom stereocenters. The molecular formula is C14H24Cl2IN5. The van der Waals surface area contributed by atoms with Crippen LogP contribution in [0.3, 0.4) is 0 Å². The Morgan fingerprint density at radius 1 is 1.32 bits per heavy atom. The summed E-state index contributed by atoms with van der Waals surface area (Å²) >= 11 is 11.8. The fraction of sp³-hybridized carbons (Fsp3) is 0.571. The first-order chi connectivity index (χ1) is 9.81. The molecule has 0 aliphatic carbocycles. The fourth-order valence-electron chi connectivity index (χ4n) is 1.55.